The van der Waals surface area contributed by atoms with Crippen LogP contribution in [0.5, 0.6) is 0 Å². The highest BCUT2D eigenvalue weighted by molar-refractivity contribution is 6.15. The molecule has 0 atom stereocenters. The first-order valence-electron chi connectivity index (χ1n) is 16.2. The summed E-state index contributed by atoms with van der Waals surface area (Å²) in [5.41, 5.74) is 11.5. The summed E-state index contributed by atoms with van der Waals surface area (Å²) in [5.74, 6) is 0. The van der Waals surface area contributed by atoms with Gasteiger partial charge in [-0.1, -0.05) is 97.1 Å². The molecule has 0 bridgehead atoms. The van der Waals surface area contributed by atoms with Gasteiger partial charge in [0.05, 0.1) is 47.0 Å². The minimum absolute atomic E-state index is 0.560. The topological polar surface area (TPSA) is 42.4 Å². The van der Waals surface area contributed by atoms with Crippen LogP contribution in [0.4, 0.5) is 11.4 Å². The maximum absolute atomic E-state index is 9.64. The molecule has 0 spiro atoms. The molecule has 0 aliphatic heterocycles. The zero-order chi connectivity index (χ0) is 33.8. The average molecular weight is 636 g/mol. The second-order valence-electron chi connectivity index (χ2n) is 12.2. The SMILES string of the molecule is [C-]#[N+]c1ccc(-n2c3ccccc3c3cc(C#N)ccc32)cc1-c1ccccc1-c1ccccc1-n1c2ccccc2c2c([N+]#[C-])cccc21. The Kier molecular flexibility index (Phi) is 6.56. The zero-order valence-electron chi connectivity index (χ0n) is 26.7. The summed E-state index contributed by atoms with van der Waals surface area (Å²) < 4.78 is 4.47. The third-order valence-corrected chi connectivity index (χ3v) is 9.61. The van der Waals surface area contributed by atoms with Crippen molar-refractivity contribution in [2.45, 2.75) is 0 Å². The number of aromatic nitrogens is 2. The van der Waals surface area contributed by atoms with E-state index in [2.05, 4.69) is 85.6 Å². The Bertz CT molecular complexity index is 2970. The Morgan fingerprint density at radius 2 is 1.08 bits per heavy atom. The smallest absolute Gasteiger partial charge is 0.197 e. The molecule has 0 aliphatic rings. The van der Waals surface area contributed by atoms with Crippen molar-refractivity contribution in [1.82, 2.24) is 9.13 Å². The van der Waals surface area contributed by atoms with E-state index >= 15 is 0 Å². The van der Waals surface area contributed by atoms with Crippen LogP contribution in [0.3, 0.4) is 0 Å². The molecule has 0 saturated heterocycles. The van der Waals surface area contributed by atoms with Crippen LogP contribution in [0.1, 0.15) is 5.56 Å². The van der Waals surface area contributed by atoms with Crippen LogP contribution in [0.2, 0.25) is 0 Å². The predicted molar refractivity (Wildman–Crippen MR) is 203 cm³/mol. The fraction of sp³-hybridized carbons (Fsp3) is 0. The highest BCUT2D eigenvalue weighted by Gasteiger charge is 2.20. The molecule has 7 aromatic carbocycles. The van der Waals surface area contributed by atoms with Gasteiger partial charge in [-0.2, -0.15) is 5.26 Å². The highest BCUT2D eigenvalue weighted by atomic mass is 15.0. The number of hydrogen-bond acceptors (Lipinski definition) is 1. The molecule has 5 nitrogen and oxygen atoms in total. The summed E-state index contributed by atoms with van der Waals surface area (Å²) >= 11 is 0. The highest BCUT2D eigenvalue weighted by Crippen LogP contribution is 2.44. The van der Waals surface area contributed by atoms with E-state index in [4.69, 9.17) is 13.1 Å². The van der Waals surface area contributed by atoms with E-state index in [1.807, 2.05) is 91.0 Å². The van der Waals surface area contributed by atoms with Gasteiger partial charge in [-0.3, -0.25) is 0 Å². The van der Waals surface area contributed by atoms with Crippen LogP contribution >= 0.6 is 0 Å². The first kappa shape index (κ1) is 28.8. The van der Waals surface area contributed by atoms with Gasteiger partial charge in [-0.15, -0.1) is 0 Å². The molecular weight excluding hydrogens is 611 g/mol. The van der Waals surface area contributed by atoms with Crippen LogP contribution < -0.4 is 0 Å². The Morgan fingerprint density at radius 1 is 0.460 bits per heavy atom. The van der Waals surface area contributed by atoms with Gasteiger partial charge in [0.1, 0.15) is 0 Å². The molecule has 0 saturated carbocycles. The fourth-order valence-corrected chi connectivity index (χ4v) is 7.50. The molecule has 230 valence electrons. The van der Waals surface area contributed by atoms with Crippen molar-refractivity contribution in [1.29, 1.82) is 5.26 Å². The van der Waals surface area contributed by atoms with Crippen molar-refractivity contribution in [2.24, 2.45) is 0 Å². The first-order chi connectivity index (χ1) is 24.7. The molecule has 0 radical (unpaired) electrons. The minimum atomic E-state index is 0.560. The van der Waals surface area contributed by atoms with E-state index in [0.29, 0.717) is 16.9 Å². The van der Waals surface area contributed by atoms with Crippen LogP contribution in [0, 0.1) is 24.5 Å². The van der Waals surface area contributed by atoms with Crippen LogP contribution in [-0.2, 0) is 0 Å². The number of benzene rings is 7. The van der Waals surface area contributed by atoms with Gasteiger partial charge in [0.2, 0.25) is 0 Å². The van der Waals surface area contributed by atoms with Gasteiger partial charge in [0.15, 0.2) is 11.4 Å². The lowest BCUT2D eigenvalue weighted by Gasteiger charge is -2.18. The largest absolute Gasteiger partial charge is 0.310 e. The van der Waals surface area contributed by atoms with Crippen molar-refractivity contribution in [3.05, 3.63) is 180 Å². The van der Waals surface area contributed by atoms with Gasteiger partial charge >= 0.3 is 0 Å². The van der Waals surface area contributed by atoms with E-state index in [0.717, 1.165) is 77.2 Å². The number of hydrogen-bond donors (Lipinski definition) is 0. The van der Waals surface area contributed by atoms with Crippen molar-refractivity contribution in [3.63, 3.8) is 0 Å². The van der Waals surface area contributed by atoms with Gasteiger partial charge in [0.25, 0.3) is 0 Å². The number of fused-ring (bicyclic) bond motifs is 6. The van der Waals surface area contributed by atoms with Gasteiger partial charge < -0.3 is 9.13 Å². The molecule has 5 heteroatoms. The lowest BCUT2D eigenvalue weighted by Crippen LogP contribution is -1.98. The Balaban J connectivity index is 1.30. The second kappa shape index (κ2) is 11.4. The van der Waals surface area contributed by atoms with Crippen LogP contribution in [-0.4, -0.2) is 9.13 Å². The lowest BCUT2D eigenvalue weighted by molar-refractivity contribution is 1.18. The van der Waals surface area contributed by atoms with E-state index < -0.39 is 0 Å². The van der Waals surface area contributed by atoms with Gasteiger partial charge in [-0.05, 0) is 76.7 Å². The normalized spacial score (nSPS) is 11.1. The van der Waals surface area contributed by atoms with E-state index in [9.17, 15) is 5.26 Å². The maximum atomic E-state index is 9.64. The maximum Gasteiger partial charge on any atom is 0.197 e. The van der Waals surface area contributed by atoms with Crippen molar-refractivity contribution >= 4 is 55.0 Å². The first-order valence-corrected chi connectivity index (χ1v) is 16.2. The van der Waals surface area contributed by atoms with Crippen LogP contribution in [0.25, 0.3) is 86.9 Å². The Labute approximate surface area is 288 Å². The fourth-order valence-electron chi connectivity index (χ4n) is 7.50. The number of nitriles is 1. The number of nitrogens with zero attached hydrogens (tertiary/aromatic N) is 5. The van der Waals surface area contributed by atoms with Crippen molar-refractivity contribution in [3.8, 4) is 39.7 Å². The standard InChI is InChI=1S/C45H25N5/c1-47-38-24-23-30(49-40-18-8-6-15-34(40)37-26-29(28-46)22-25-43(37)49)27-36(38)32-13-4-3-12-31(32)33-14-5-9-19-41(33)50-42-20-10-7-16-35(42)45-39(48-2)17-11-21-44(45)50/h3-27H. The predicted octanol–water partition coefficient (Wildman–Crippen LogP) is 12.2. The van der Waals surface area contributed by atoms with Gasteiger partial charge in [-0.25, -0.2) is 9.69 Å². The average Bonchev–Trinajstić information content (AvgIpc) is 3.70. The molecule has 50 heavy (non-hydrogen) atoms. The monoisotopic (exact) mass is 635 g/mol. The third kappa shape index (κ3) is 4.24. The molecule has 9 aromatic rings. The molecule has 0 N–H and O–H groups in total. The summed E-state index contributed by atoms with van der Waals surface area (Å²) in [6.07, 6.45) is 0. The molecule has 2 heterocycles. The van der Waals surface area contributed by atoms with Crippen LogP contribution in [0.15, 0.2) is 152 Å². The van der Waals surface area contributed by atoms with Crippen molar-refractivity contribution in [2.75, 3.05) is 0 Å². The Hall–Kier alpha value is -7.39. The lowest BCUT2D eigenvalue weighted by atomic mass is 9.92. The second-order valence-corrected chi connectivity index (χ2v) is 12.2. The molecule has 0 unspecified atom stereocenters. The molecule has 0 amide bonds. The van der Waals surface area contributed by atoms with E-state index in [-0.39, 0.29) is 0 Å². The van der Waals surface area contributed by atoms with Crippen molar-refractivity contribution < 1.29 is 0 Å². The van der Waals surface area contributed by atoms with Gasteiger partial charge in [0, 0.05) is 32.9 Å². The molecule has 9 rings (SSSR count). The molecule has 0 fully saturated rings. The molecular formula is C45H25N5. The quantitative estimate of drug-likeness (QED) is 0.177. The Morgan fingerprint density at radius 3 is 1.84 bits per heavy atom. The zero-order valence-corrected chi connectivity index (χ0v) is 26.7. The summed E-state index contributed by atoms with van der Waals surface area (Å²) in [5, 5.41) is 13.7. The summed E-state index contributed by atoms with van der Waals surface area (Å²) in [6.45, 7) is 16.1. The minimum Gasteiger partial charge on any atom is -0.310 e. The molecule has 2 aromatic heterocycles. The number of para-hydroxylation sites is 3. The summed E-state index contributed by atoms with van der Waals surface area (Å²) in [6, 6.07) is 53.1. The third-order valence-electron chi connectivity index (χ3n) is 9.61. The molecule has 0 aliphatic carbocycles. The van der Waals surface area contributed by atoms with E-state index in [1.165, 1.54) is 0 Å². The number of rotatable bonds is 4. The summed E-state index contributed by atoms with van der Waals surface area (Å²) in [7, 11) is 0. The summed E-state index contributed by atoms with van der Waals surface area (Å²) in [4.78, 5) is 7.87. The van der Waals surface area contributed by atoms with E-state index in [1.54, 1.807) is 0 Å².